The highest BCUT2D eigenvalue weighted by Gasteiger charge is 2.42. The van der Waals surface area contributed by atoms with Crippen LogP contribution in [0.1, 0.15) is 38.2 Å². The lowest BCUT2D eigenvalue weighted by molar-refractivity contribution is -0.137. The van der Waals surface area contributed by atoms with Gasteiger partial charge in [0, 0.05) is 25.2 Å². The van der Waals surface area contributed by atoms with Crippen LogP contribution in [0.5, 0.6) is 5.75 Å². The second kappa shape index (κ2) is 7.07. The number of benzene rings is 1. The van der Waals surface area contributed by atoms with Crippen molar-refractivity contribution in [2.45, 2.75) is 32.6 Å². The Kier molecular flexibility index (Phi) is 4.88. The van der Waals surface area contributed by atoms with E-state index in [1.54, 1.807) is 7.11 Å². The first-order valence-electron chi connectivity index (χ1n) is 8.67. The number of carbonyl (C=O) groups excluding carboxylic acids is 2. The van der Waals surface area contributed by atoms with E-state index < -0.39 is 0 Å². The van der Waals surface area contributed by atoms with Gasteiger partial charge in [-0.25, -0.2) is 0 Å². The Hall–Kier alpha value is -2.30. The lowest BCUT2D eigenvalue weighted by Crippen LogP contribution is -2.37. The number of hydrogen-bond donors (Lipinski definition) is 0. The van der Waals surface area contributed by atoms with Gasteiger partial charge in [0.1, 0.15) is 11.4 Å². The summed E-state index contributed by atoms with van der Waals surface area (Å²) in [4.78, 5) is 29.4. The standard InChI is InChI=1S/C19H24N2O3/c1-3-11-21-18(22)16(14-9-5-6-10-15(14)24-2)17(19(21)23)20-12-7-4-8-13-20/h5-6,9-10H,3-4,7-8,11-13H2,1-2H3. The van der Waals surface area contributed by atoms with Gasteiger partial charge < -0.3 is 9.64 Å². The summed E-state index contributed by atoms with van der Waals surface area (Å²) in [6.45, 7) is 4.08. The van der Waals surface area contributed by atoms with Crippen LogP contribution < -0.4 is 4.74 Å². The number of ether oxygens (including phenoxy) is 1. The van der Waals surface area contributed by atoms with Crippen LogP contribution in [0.2, 0.25) is 0 Å². The van der Waals surface area contributed by atoms with Crippen molar-refractivity contribution in [2.24, 2.45) is 0 Å². The van der Waals surface area contributed by atoms with Crippen molar-refractivity contribution < 1.29 is 14.3 Å². The maximum absolute atomic E-state index is 13.0. The quantitative estimate of drug-likeness (QED) is 0.780. The third-order valence-electron chi connectivity index (χ3n) is 4.64. The number of para-hydroxylation sites is 1. The number of hydrogen-bond acceptors (Lipinski definition) is 4. The van der Waals surface area contributed by atoms with Gasteiger partial charge in [0.25, 0.3) is 11.8 Å². The number of rotatable bonds is 5. The molecule has 0 radical (unpaired) electrons. The molecular weight excluding hydrogens is 304 g/mol. The lowest BCUT2D eigenvalue weighted by atomic mass is 10.0. The second-order valence-electron chi connectivity index (χ2n) is 6.23. The average molecular weight is 328 g/mol. The number of methoxy groups -OCH3 is 1. The first kappa shape index (κ1) is 16.6. The minimum Gasteiger partial charge on any atom is -0.496 e. The molecular formula is C19H24N2O3. The van der Waals surface area contributed by atoms with Crippen LogP contribution in [0, 0.1) is 0 Å². The fourth-order valence-electron chi connectivity index (χ4n) is 3.49. The van der Waals surface area contributed by atoms with Gasteiger partial charge in [0.2, 0.25) is 0 Å². The molecule has 0 bridgehead atoms. The summed E-state index contributed by atoms with van der Waals surface area (Å²) in [7, 11) is 1.59. The highest BCUT2D eigenvalue weighted by atomic mass is 16.5. The molecule has 5 heteroatoms. The molecule has 128 valence electrons. The largest absolute Gasteiger partial charge is 0.496 e. The molecule has 1 aromatic rings. The Morgan fingerprint density at radius 3 is 2.42 bits per heavy atom. The van der Waals surface area contributed by atoms with Crippen LogP contribution in [0.3, 0.4) is 0 Å². The predicted octanol–water partition coefficient (Wildman–Crippen LogP) is 2.67. The van der Waals surface area contributed by atoms with Crippen LogP contribution in [0.15, 0.2) is 30.0 Å². The molecule has 0 saturated carbocycles. The van der Waals surface area contributed by atoms with Crippen LogP contribution in [-0.2, 0) is 9.59 Å². The highest BCUT2D eigenvalue weighted by molar-refractivity contribution is 6.36. The normalized spacial score (nSPS) is 18.6. The zero-order valence-corrected chi connectivity index (χ0v) is 14.4. The van der Waals surface area contributed by atoms with Gasteiger partial charge in [-0.05, 0) is 31.7 Å². The van der Waals surface area contributed by atoms with Gasteiger partial charge in [-0.1, -0.05) is 25.1 Å². The molecule has 3 rings (SSSR count). The van der Waals surface area contributed by atoms with Gasteiger partial charge in [-0.3, -0.25) is 14.5 Å². The third kappa shape index (κ3) is 2.79. The SMILES string of the molecule is CCCN1C(=O)C(c2ccccc2OC)=C(N2CCCCC2)C1=O. The molecule has 0 atom stereocenters. The van der Waals surface area contributed by atoms with Crippen LogP contribution in [-0.4, -0.2) is 48.4 Å². The molecule has 1 fully saturated rings. The molecule has 1 saturated heterocycles. The zero-order chi connectivity index (χ0) is 17.1. The number of carbonyl (C=O) groups is 2. The topological polar surface area (TPSA) is 49.9 Å². The fraction of sp³-hybridized carbons (Fsp3) is 0.474. The van der Waals surface area contributed by atoms with Gasteiger partial charge in [-0.15, -0.1) is 0 Å². The van der Waals surface area contributed by atoms with Crippen molar-refractivity contribution in [1.29, 1.82) is 0 Å². The number of amides is 2. The number of likely N-dealkylation sites (tertiary alicyclic amines) is 1. The summed E-state index contributed by atoms with van der Waals surface area (Å²) in [5.41, 5.74) is 1.75. The van der Waals surface area contributed by atoms with Gasteiger partial charge >= 0.3 is 0 Å². The van der Waals surface area contributed by atoms with E-state index in [0.29, 0.717) is 29.1 Å². The van der Waals surface area contributed by atoms with E-state index in [1.807, 2.05) is 31.2 Å². The zero-order valence-electron chi connectivity index (χ0n) is 14.4. The Morgan fingerprint density at radius 1 is 1.04 bits per heavy atom. The van der Waals surface area contributed by atoms with E-state index in [4.69, 9.17) is 4.74 Å². The fourth-order valence-corrected chi connectivity index (χ4v) is 3.49. The molecule has 24 heavy (non-hydrogen) atoms. The molecule has 0 spiro atoms. The summed E-state index contributed by atoms with van der Waals surface area (Å²) in [6, 6.07) is 7.43. The molecule has 0 aromatic heterocycles. The maximum atomic E-state index is 13.0. The molecule has 2 aliphatic heterocycles. The van der Waals surface area contributed by atoms with Crippen molar-refractivity contribution in [3.8, 4) is 5.75 Å². The Balaban J connectivity index is 2.12. The molecule has 2 aliphatic rings. The van der Waals surface area contributed by atoms with Crippen molar-refractivity contribution in [3.05, 3.63) is 35.5 Å². The summed E-state index contributed by atoms with van der Waals surface area (Å²) < 4.78 is 5.44. The molecule has 0 unspecified atom stereocenters. The summed E-state index contributed by atoms with van der Waals surface area (Å²) in [6.07, 6.45) is 4.04. The van der Waals surface area contributed by atoms with E-state index in [0.717, 1.165) is 32.4 Å². The Morgan fingerprint density at radius 2 is 1.75 bits per heavy atom. The van der Waals surface area contributed by atoms with Gasteiger partial charge in [-0.2, -0.15) is 0 Å². The summed E-state index contributed by atoms with van der Waals surface area (Å²) >= 11 is 0. The van der Waals surface area contributed by atoms with E-state index in [1.165, 1.54) is 11.3 Å². The van der Waals surface area contributed by atoms with E-state index in [-0.39, 0.29) is 11.8 Å². The first-order chi connectivity index (χ1) is 11.7. The van der Waals surface area contributed by atoms with E-state index in [2.05, 4.69) is 4.90 Å². The number of nitrogens with zero attached hydrogens (tertiary/aromatic N) is 2. The van der Waals surface area contributed by atoms with Crippen LogP contribution in [0.25, 0.3) is 5.57 Å². The maximum Gasteiger partial charge on any atom is 0.277 e. The van der Waals surface area contributed by atoms with Gasteiger partial charge in [0.05, 0.1) is 12.7 Å². The van der Waals surface area contributed by atoms with Crippen LogP contribution in [0.4, 0.5) is 0 Å². The molecule has 5 nitrogen and oxygen atoms in total. The van der Waals surface area contributed by atoms with Crippen molar-refractivity contribution in [1.82, 2.24) is 9.80 Å². The lowest BCUT2D eigenvalue weighted by Gasteiger charge is -2.29. The van der Waals surface area contributed by atoms with Crippen molar-refractivity contribution >= 4 is 17.4 Å². The van der Waals surface area contributed by atoms with Crippen molar-refractivity contribution in [3.63, 3.8) is 0 Å². The predicted molar refractivity (Wildman–Crippen MR) is 92.3 cm³/mol. The molecule has 2 amide bonds. The second-order valence-corrected chi connectivity index (χ2v) is 6.23. The summed E-state index contributed by atoms with van der Waals surface area (Å²) in [5, 5.41) is 0. The molecule has 0 aliphatic carbocycles. The number of imide groups is 1. The smallest absolute Gasteiger partial charge is 0.277 e. The van der Waals surface area contributed by atoms with E-state index >= 15 is 0 Å². The van der Waals surface area contributed by atoms with Gasteiger partial charge in [0.15, 0.2) is 0 Å². The average Bonchev–Trinajstić information content (AvgIpc) is 2.87. The highest BCUT2D eigenvalue weighted by Crippen LogP contribution is 2.36. The number of piperidine rings is 1. The Labute approximate surface area is 142 Å². The first-order valence-corrected chi connectivity index (χ1v) is 8.67. The Bertz CT molecular complexity index is 675. The monoisotopic (exact) mass is 328 g/mol. The molecule has 0 N–H and O–H groups in total. The molecule has 1 aromatic carbocycles. The minimum absolute atomic E-state index is 0.162. The third-order valence-corrected chi connectivity index (χ3v) is 4.64. The van der Waals surface area contributed by atoms with E-state index in [9.17, 15) is 9.59 Å². The van der Waals surface area contributed by atoms with Crippen LogP contribution >= 0.6 is 0 Å². The van der Waals surface area contributed by atoms with Crippen molar-refractivity contribution in [2.75, 3.05) is 26.7 Å². The minimum atomic E-state index is -0.202. The molecule has 2 heterocycles. The summed E-state index contributed by atoms with van der Waals surface area (Å²) in [5.74, 6) is 0.262.